The fourth-order valence-electron chi connectivity index (χ4n) is 3.13. The van der Waals surface area contributed by atoms with Crippen molar-refractivity contribution in [1.29, 1.82) is 0 Å². The van der Waals surface area contributed by atoms with Crippen molar-refractivity contribution in [3.05, 3.63) is 56.9 Å². The van der Waals surface area contributed by atoms with Gasteiger partial charge in [-0.05, 0) is 46.2 Å². The molecule has 0 aliphatic heterocycles. The number of para-hydroxylation sites is 1. The summed E-state index contributed by atoms with van der Waals surface area (Å²) in [5.41, 5.74) is 2.52. The number of hydrogen-bond acceptors (Lipinski definition) is 5. The molecule has 1 heterocycles. The number of carbonyl (C=O) groups is 2. The Morgan fingerprint density at radius 1 is 1.26 bits per heavy atom. The molecule has 1 aromatic heterocycles. The molecule has 0 radical (unpaired) electrons. The number of nitro groups is 1. The number of carbonyl (C=O) groups excluding carboxylic acids is 2. The third-order valence-corrected chi connectivity index (χ3v) is 4.27. The fraction of sp³-hybridized carbons (Fsp3) is 0.368. The molecule has 0 spiro atoms. The number of amides is 1. The van der Waals surface area contributed by atoms with Crippen molar-refractivity contribution < 1.29 is 19.2 Å². The van der Waals surface area contributed by atoms with Crippen molar-refractivity contribution in [3.63, 3.8) is 0 Å². The van der Waals surface area contributed by atoms with Crippen molar-refractivity contribution in [3.8, 4) is 0 Å². The lowest BCUT2D eigenvalue weighted by Gasteiger charge is -2.13. The Kier molecular flexibility index (Phi) is 5.99. The monoisotopic (exact) mass is 373 g/mol. The summed E-state index contributed by atoms with van der Waals surface area (Å²) < 4.78 is 7.10. The van der Waals surface area contributed by atoms with Crippen molar-refractivity contribution in [1.82, 2.24) is 4.57 Å². The van der Waals surface area contributed by atoms with E-state index in [0.29, 0.717) is 11.1 Å². The van der Waals surface area contributed by atoms with Gasteiger partial charge in [0, 0.05) is 23.5 Å². The Hall–Kier alpha value is -3.16. The highest BCUT2D eigenvalue weighted by molar-refractivity contribution is 5.97. The smallest absolute Gasteiger partial charge is 0.340 e. The molecule has 8 nitrogen and oxygen atoms in total. The minimum atomic E-state index is -0.640. The average Bonchev–Trinajstić information content (AvgIpc) is 2.88. The molecule has 1 aromatic carbocycles. The van der Waals surface area contributed by atoms with Gasteiger partial charge in [-0.25, -0.2) is 4.79 Å². The molecule has 0 atom stereocenters. The van der Waals surface area contributed by atoms with Crippen LogP contribution in [-0.4, -0.2) is 28.0 Å². The molecule has 2 rings (SSSR count). The van der Waals surface area contributed by atoms with E-state index < -0.39 is 23.4 Å². The molecule has 2 aromatic rings. The zero-order chi connectivity index (χ0) is 20.3. The lowest BCUT2D eigenvalue weighted by molar-refractivity contribution is -0.384. The number of benzene rings is 1. The van der Waals surface area contributed by atoms with Crippen molar-refractivity contribution in [2.75, 3.05) is 11.9 Å². The van der Waals surface area contributed by atoms with Crippen LogP contribution >= 0.6 is 0 Å². The van der Waals surface area contributed by atoms with E-state index in [9.17, 15) is 19.7 Å². The number of aromatic nitrogens is 1. The highest BCUT2D eigenvalue weighted by Crippen LogP contribution is 2.27. The molecule has 0 aliphatic rings. The first-order valence-electron chi connectivity index (χ1n) is 8.52. The van der Waals surface area contributed by atoms with E-state index >= 15 is 0 Å². The lowest BCUT2D eigenvalue weighted by Crippen LogP contribution is -2.22. The van der Waals surface area contributed by atoms with Gasteiger partial charge in [-0.1, -0.05) is 12.1 Å². The van der Waals surface area contributed by atoms with Crippen LogP contribution in [-0.2, 0) is 9.53 Å². The Morgan fingerprint density at radius 2 is 1.93 bits per heavy atom. The van der Waals surface area contributed by atoms with E-state index in [-0.39, 0.29) is 17.4 Å². The van der Waals surface area contributed by atoms with Gasteiger partial charge in [0.15, 0.2) is 6.61 Å². The number of aryl methyl sites for hydroxylation is 2. The van der Waals surface area contributed by atoms with E-state index in [4.69, 9.17) is 4.74 Å². The quantitative estimate of drug-likeness (QED) is 0.472. The number of hydrogen-bond donors (Lipinski definition) is 1. The van der Waals surface area contributed by atoms with E-state index in [2.05, 4.69) is 5.32 Å². The maximum atomic E-state index is 12.3. The number of nitrogens with zero attached hydrogens (tertiary/aromatic N) is 2. The molecule has 1 N–H and O–H groups in total. The van der Waals surface area contributed by atoms with Crippen molar-refractivity contribution >= 4 is 23.3 Å². The first-order chi connectivity index (χ1) is 12.6. The predicted molar refractivity (Wildman–Crippen MR) is 101 cm³/mol. The Morgan fingerprint density at radius 3 is 2.48 bits per heavy atom. The summed E-state index contributed by atoms with van der Waals surface area (Å²) in [4.78, 5) is 35.0. The van der Waals surface area contributed by atoms with Gasteiger partial charge < -0.3 is 14.6 Å². The molecule has 144 valence electrons. The number of anilines is 1. The zero-order valence-corrected chi connectivity index (χ0v) is 16.0. The van der Waals surface area contributed by atoms with E-state index in [1.54, 1.807) is 19.1 Å². The van der Waals surface area contributed by atoms with E-state index in [1.807, 2.05) is 32.3 Å². The topological polar surface area (TPSA) is 103 Å². The molecule has 0 fully saturated rings. The van der Waals surface area contributed by atoms with Crippen LogP contribution in [0.2, 0.25) is 0 Å². The SMILES string of the molecule is Cc1cccc([N+](=O)[O-])c1NC(=O)COC(=O)c1cc(C)n(C(C)C)c1C. The molecule has 0 bridgehead atoms. The summed E-state index contributed by atoms with van der Waals surface area (Å²) in [6, 6.07) is 6.40. The number of esters is 1. The predicted octanol–water partition coefficient (Wildman–Crippen LogP) is 3.70. The summed E-state index contributed by atoms with van der Waals surface area (Å²) in [6.45, 7) is 8.86. The average molecular weight is 373 g/mol. The van der Waals surface area contributed by atoms with Crippen molar-refractivity contribution in [2.24, 2.45) is 0 Å². The first kappa shape index (κ1) is 20.2. The van der Waals surface area contributed by atoms with Crippen LogP contribution in [0.1, 0.15) is 47.2 Å². The molecule has 1 amide bonds. The summed E-state index contributed by atoms with van der Waals surface area (Å²) in [5, 5.41) is 13.6. The highest BCUT2D eigenvalue weighted by atomic mass is 16.6. The summed E-state index contributed by atoms with van der Waals surface area (Å²) in [5.74, 6) is -1.25. The van der Waals surface area contributed by atoms with Crippen LogP contribution < -0.4 is 5.32 Å². The van der Waals surface area contributed by atoms with Gasteiger partial charge in [0.05, 0.1) is 10.5 Å². The van der Waals surface area contributed by atoms with Gasteiger partial charge in [-0.3, -0.25) is 14.9 Å². The summed E-state index contributed by atoms with van der Waals surface area (Å²) in [6.07, 6.45) is 0. The Bertz CT molecular complexity index is 899. The molecule has 0 aliphatic carbocycles. The Balaban J connectivity index is 2.08. The zero-order valence-electron chi connectivity index (χ0n) is 16.0. The van der Waals surface area contributed by atoms with Crippen LogP contribution in [0, 0.1) is 30.9 Å². The third-order valence-electron chi connectivity index (χ3n) is 4.27. The fourth-order valence-corrected chi connectivity index (χ4v) is 3.13. The number of rotatable bonds is 6. The maximum absolute atomic E-state index is 12.3. The van der Waals surface area contributed by atoms with Gasteiger partial charge in [0.2, 0.25) is 0 Å². The van der Waals surface area contributed by atoms with Gasteiger partial charge in [-0.2, -0.15) is 0 Å². The molecule has 0 unspecified atom stereocenters. The second-order valence-electron chi connectivity index (χ2n) is 6.60. The van der Waals surface area contributed by atoms with E-state index in [1.165, 1.54) is 12.1 Å². The Labute approximate surface area is 157 Å². The normalized spacial score (nSPS) is 10.7. The van der Waals surface area contributed by atoms with Crippen LogP contribution in [0.25, 0.3) is 0 Å². The van der Waals surface area contributed by atoms with Gasteiger partial charge in [-0.15, -0.1) is 0 Å². The summed E-state index contributed by atoms with van der Waals surface area (Å²) in [7, 11) is 0. The maximum Gasteiger partial charge on any atom is 0.340 e. The standard InChI is InChI=1S/C19H23N3O5/c1-11(2)21-13(4)9-15(14(21)5)19(24)27-10-17(23)20-18-12(3)7-6-8-16(18)22(25)26/h6-9,11H,10H2,1-5H3,(H,20,23). The van der Waals surface area contributed by atoms with Crippen LogP contribution in [0.4, 0.5) is 11.4 Å². The minimum absolute atomic E-state index is 0.0986. The van der Waals surface area contributed by atoms with Crippen LogP contribution in [0.15, 0.2) is 24.3 Å². The minimum Gasteiger partial charge on any atom is -0.452 e. The van der Waals surface area contributed by atoms with E-state index in [0.717, 1.165) is 11.4 Å². The first-order valence-corrected chi connectivity index (χ1v) is 8.52. The lowest BCUT2D eigenvalue weighted by atomic mass is 10.1. The second kappa shape index (κ2) is 8.03. The molecular weight excluding hydrogens is 350 g/mol. The molecular formula is C19H23N3O5. The largest absolute Gasteiger partial charge is 0.452 e. The molecule has 8 heteroatoms. The number of ether oxygens (including phenoxy) is 1. The van der Waals surface area contributed by atoms with Crippen molar-refractivity contribution in [2.45, 2.75) is 40.7 Å². The van der Waals surface area contributed by atoms with Gasteiger partial charge in [0.25, 0.3) is 11.6 Å². The highest BCUT2D eigenvalue weighted by Gasteiger charge is 2.21. The van der Waals surface area contributed by atoms with Crippen LogP contribution in [0.3, 0.4) is 0 Å². The summed E-state index contributed by atoms with van der Waals surface area (Å²) >= 11 is 0. The number of nitrogens with one attached hydrogen (secondary N) is 1. The molecule has 27 heavy (non-hydrogen) atoms. The molecule has 0 saturated heterocycles. The van der Waals surface area contributed by atoms with Gasteiger partial charge in [0.1, 0.15) is 5.69 Å². The van der Waals surface area contributed by atoms with Gasteiger partial charge >= 0.3 is 5.97 Å². The third kappa shape index (κ3) is 4.33. The second-order valence-corrected chi connectivity index (χ2v) is 6.60. The van der Waals surface area contributed by atoms with Crippen LogP contribution in [0.5, 0.6) is 0 Å². The molecule has 0 saturated carbocycles. The number of nitro benzene ring substituents is 1.